The number of alkyl halides is 6. The Balaban J connectivity index is 1.19. The summed E-state index contributed by atoms with van der Waals surface area (Å²) in [5.74, 6) is -0.156. The van der Waals surface area contributed by atoms with Crippen molar-refractivity contribution in [1.82, 2.24) is 0 Å². The van der Waals surface area contributed by atoms with Gasteiger partial charge in [0.2, 0.25) is 5.41 Å². The predicted molar refractivity (Wildman–Crippen MR) is 216 cm³/mol. The molecule has 0 radical (unpaired) electrons. The van der Waals surface area contributed by atoms with Crippen LogP contribution >= 0.6 is 0 Å². The average Bonchev–Trinajstić information content (AvgIpc) is 3.18. The molecule has 6 aromatic rings. The molecule has 0 saturated heterocycles. The quantitative estimate of drug-likeness (QED) is 0.0966. The molecule has 10 heteroatoms. The van der Waals surface area contributed by atoms with Gasteiger partial charge in [-0.05, 0) is 97.0 Å². The highest BCUT2D eigenvalue weighted by Gasteiger charge is 2.72. The van der Waals surface area contributed by atoms with Crippen LogP contribution in [0.2, 0.25) is 0 Å². The number of aryl methyl sites for hydroxylation is 1. The minimum atomic E-state index is -5.80. The zero-order valence-electron chi connectivity index (χ0n) is 33.3. The van der Waals surface area contributed by atoms with Crippen LogP contribution in [0.25, 0.3) is 0 Å². The van der Waals surface area contributed by atoms with E-state index >= 15 is 0 Å². The van der Waals surface area contributed by atoms with Crippen LogP contribution < -0.4 is 9.47 Å². The third-order valence-electron chi connectivity index (χ3n) is 10.3. The minimum absolute atomic E-state index is 0.0117. The Kier molecular flexibility index (Phi) is 11.4. The van der Waals surface area contributed by atoms with Gasteiger partial charge in [-0.3, -0.25) is 9.59 Å². The largest absolute Gasteiger partial charge is 0.483 e. The van der Waals surface area contributed by atoms with Crippen molar-refractivity contribution in [3.05, 3.63) is 196 Å². The van der Waals surface area contributed by atoms with Gasteiger partial charge < -0.3 is 9.47 Å². The maximum atomic E-state index is 15.0. The SMILES string of the molecule is Cc1ccc(C(=O)c2ccc(C(C)(C)Oc3ccc(C(c4ccc(Oc5ccc(C(=O)c6ccc(C(C)(C)C)cc6)cc5)cc4)(C(F)(F)F)C(F)(F)F)cc3)cc2)cc1. The van der Waals surface area contributed by atoms with E-state index in [9.17, 15) is 35.9 Å². The Labute approximate surface area is 339 Å². The molecule has 0 spiro atoms. The Morgan fingerprint density at radius 1 is 0.407 bits per heavy atom. The van der Waals surface area contributed by atoms with E-state index in [1.165, 1.54) is 24.3 Å². The Morgan fingerprint density at radius 2 is 0.712 bits per heavy atom. The summed E-state index contributed by atoms with van der Waals surface area (Å²) < 4.78 is 102. The van der Waals surface area contributed by atoms with Crippen molar-refractivity contribution in [2.24, 2.45) is 0 Å². The molecule has 0 aliphatic rings. The lowest BCUT2D eigenvalue weighted by molar-refractivity contribution is -0.288. The summed E-state index contributed by atoms with van der Waals surface area (Å²) >= 11 is 0. The summed E-state index contributed by atoms with van der Waals surface area (Å²) in [5.41, 5.74) is -3.14. The molecule has 304 valence electrons. The van der Waals surface area contributed by atoms with E-state index in [1.54, 1.807) is 62.4 Å². The highest BCUT2D eigenvalue weighted by atomic mass is 19.4. The Hall–Kier alpha value is -6.16. The molecule has 0 aliphatic carbocycles. The lowest BCUT2D eigenvalue weighted by Gasteiger charge is -2.38. The van der Waals surface area contributed by atoms with Crippen LogP contribution in [0, 0.1) is 6.92 Å². The number of ketones is 2. The number of carbonyl (C=O) groups is 2. The molecule has 6 rings (SSSR count). The Morgan fingerprint density at radius 3 is 1.08 bits per heavy atom. The van der Waals surface area contributed by atoms with Crippen LogP contribution in [0.4, 0.5) is 26.3 Å². The van der Waals surface area contributed by atoms with Gasteiger partial charge in [-0.1, -0.05) is 123 Å². The van der Waals surface area contributed by atoms with E-state index in [0.717, 1.165) is 59.7 Å². The van der Waals surface area contributed by atoms with Crippen LogP contribution in [0.5, 0.6) is 17.2 Å². The second-order valence-electron chi connectivity index (χ2n) is 16.0. The number of hydrogen-bond donors (Lipinski definition) is 0. The molecule has 6 aromatic carbocycles. The molecule has 0 heterocycles. The van der Waals surface area contributed by atoms with Crippen molar-refractivity contribution in [1.29, 1.82) is 0 Å². The third-order valence-corrected chi connectivity index (χ3v) is 10.3. The molecule has 0 atom stereocenters. The molecule has 0 N–H and O–H groups in total. The Bertz CT molecular complexity index is 2390. The van der Waals surface area contributed by atoms with Crippen molar-refractivity contribution < 1.29 is 45.4 Å². The number of hydrogen-bond acceptors (Lipinski definition) is 4. The standard InChI is InChI=1S/C49H42F6O4/c1-31-7-9-32(10-8-31)43(56)34-13-19-37(20-14-34)46(5,6)59-42-29-23-39(24-30-42)47(48(50,51)52,49(53,54)55)38-21-27-41(28-22-38)58-40-25-15-35(16-26-40)44(57)33-11-17-36(18-12-33)45(2,3)4/h7-30H,1-6H3. The maximum absolute atomic E-state index is 15.0. The van der Waals surface area contributed by atoms with E-state index < -0.39 is 34.5 Å². The van der Waals surface area contributed by atoms with E-state index in [1.807, 2.05) is 31.2 Å². The highest BCUT2D eigenvalue weighted by Crippen LogP contribution is 2.56. The van der Waals surface area contributed by atoms with Crippen LogP contribution in [-0.4, -0.2) is 23.9 Å². The van der Waals surface area contributed by atoms with Gasteiger partial charge in [0, 0.05) is 22.3 Å². The molecule has 0 unspecified atom stereocenters. The third kappa shape index (κ3) is 8.82. The number of carbonyl (C=O) groups excluding carboxylic acids is 2. The van der Waals surface area contributed by atoms with Crippen LogP contribution in [0.3, 0.4) is 0 Å². The molecule has 0 aromatic heterocycles. The number of ether oxygens (including phenoxy) is 2. The van der Waals surface area contributed by atoms with Gasteiger partial charge in [-0.25, -0.2) is 0 Å². The summed E-state index contributed by atoms with van der Waals surface area (Å²) in [5, 5.41) is 0. The van der Waals surface area contributed by atoms with E-state index in [4.69, 9.17) is 9.47 Å². The van der Waals surface area contributed by atoms with E-state index in [0.29, 0.717) is 27.8 Å². The van der Waals surface area contributed by atoms with Gasteiger partial charge in [-0.2, -0.15) is 26.3 Å². The maximum Gasteiger partial charge on any atom is 0.411 e. The average molecular weight is 809 g/mol. The number of benzene rings is 6. The summed E-state index contributed by atoms with van der Waals surface area (Å²) in [6, 6.07) is 34.4. The van der Waals surface area contributed by atoms with Crippen molar-refractivity contribution in [3.63, 3.8) is 0 Å². The first-order valence-electron chi connectivity index (χ1n) is 18.8. The topological polar surface area (TPSA) is 52.6 Å². The van der Waals surface area contributed by atoms with Gasteiger partial charge in [0.15, 0.2) is 11.6 Å². The fourth-order valence-corrected chi connectivity index (χ4v) is 6.87. The molecule has 4 nitrogen and oxygen atoms in total. The molecule has 0 amide bonds. The van der Waals surface area contributed by atoms with E-state index in [2.05, 4.69) is 20.8 Å². The van der Waals surface area contributed by atoms with Gasteiger partial charge in [0.05, 0.1) is 0 Å². The van der Waals surface area contributed by atoms with Crippen LogP contribution in [0.1, 0.15) is 94.3 Å². The predicted octanol–water partition coefficient (Wildman–Crippen LogP) is 13.3. The molecule has 59 heavy (non-hydrogen) atoms. The normalized spacial score (nSPS) is 12.5. The first-order chi connectivity index (χ1) is 27.6. The number of halogens is 6. The molecular weight excluding hydrogens is 767 g/mol. The van der Waals surface area contributed by atoms with Gasteiger partial charge in [0.1, 0.15) is 22.8 Å². The van der Waals surface area contributed by atoms with E-state index in [-0.39, 0.29) is 34.2 Å². The second kappa shape index (κ2) is 15.9. The highest BCUT2D eigenvalue weighted by molar-refractivity contribution is 6.09. The zero-order valence-corrected chi connectivity index (χ0v) is 33.3. The fraction of sp³-hybridized carbons (Fsp3) is 0.224. The molecule has 0 bridgehead atoms. The molecule has 0 fully saturated rings. The van der Waals surface area contributed by atoms with Crippen molar-refractivity contribution in [2.75, 3.05) is 0 Å². The smallest absolute Gasteiger partial charge is 0.411 e. The summed E-state index contributed by atoms with van der Waals surface area (Å²) in [7, 11) is 0. The first kappa shape index (κ1) is 42.4. The minimum Gasteiger partial charge on any atom is -0.483 e. The first-order valence-corrected chi connectivity index (χ1v) is 18.8. The second-order valence-corrected chi connectivity index (χ2v) is 16.0. The van der Waals surface area contributed by atoms with Gasteiger partial charge >= 0.3 is 12.4 Å². The lowest BCUT2D eigenvalue weighted by Crippen LogP contribution is -2.54. The summed E-state index contributed by atoms with van der Waals surface area (Å²) in [6.07, 6.45) is -11.6. The van der Waals surface area contributed by atoms with Gasteiger partial charge in [0.25, 0.3) is 0 Å². The van der Waals surface area contributed by atoms with Crippen molar-refractivity contribution in [3.8, 4) is 17.2 Å². The van der Waals surface area contributed by atoms with Gasteiger partial charge in [-0.15, -0.1) is 0 Å². The summed E-state index contributed by atoms with van der Waals surface area (Å²) in [6.45, 7) is 11.5. The number of rotatable bonds is 11. The molecule has 0 aliphatic heterocycles. The van der Waals surface area contributed by atoms with Crippen molar-refractivity contribution >= 4 is 11.6 Å². The molecular formula is C49H42F6O4. The fourth-order valence-electron chi connectivity index (χ4n) is 6.87. The van der Waals surface area contributed by atoms with Crippen LogP contribution in [-0.2, 0) is 16.4 Å². The van der Waals surface area contributed by atoms with Crippen molar-refractivity contribution in [2.45, 2.75) is 70.3 Å². The molecule has 0 saturated carbocycles. The lowest BCUT2D eigenvalue weighted by atomic mass is 9.73. The van der Waals surface area contributed by atoms with Crippen LogP contribution in [0.15, 0.2) is 146 Å². The zero-order chi connectivity index (χ0) is 43.0. The monoisotopic (exact) mass is 808 g/mol. The summed E-state index contributed by atoms with van der Waals surface area (Å²) in [4.78, 5) is 26.0.